The predicted octanol–water partition coefficient (Wildman–Crippen LogP) is 3.24. The summed E-state index contributed by atoms with van der Waals surface area (Å²) in [6.45, 7) is 0. The van der Waals surface area contributed by atoms with Gasteiger partial charge in [-0.15, -0.1) is 0 Å². The van der Waals surface area contributed by atoms with Crippen LogP contribution in [0.25, 0.3) is 15.9 Å². The Morgan fingerprint density at radius 2 is 2.13 bits per heavy atom. The Bertz CT molecular complexity index is 614. The van der Waals surface area contributed by atoms with Crippen LogP contribution >= 0.6 is 27.5 Å². The fraction of sp³-hybridized carbons (Fsp3) is 0. The van der Waals surface area contributed by atoms with Crippen molar-refractivity contribution in [3.05, 3.63) is 41.1 Å². The zero-order chi connectivity index (χ0) is 10.3. The van der Waals surface area contributed by atoms with E-state index in [-0.39, 0.29) is 0 Å². The highest BCUT2D eigenvalue weighted by atomic mass is 79.9. The number of halogens is 1. The molecule has 0 fully saturated rings. The van der Waals surface area contributed by atoms with E-state index in [9.17, 15) is 0 Å². The zero-order valence-electron chi connectivity index (χ0n) is 7.59. The highest BCUT2D eigenvalue weighted by molar-refractivity contribution is 9.10. The van der Waals surface area contributed by atoms with Gasteiger partial charge >= 0.3 is 0 Å². The van der Waals surface area contributed by atoms with Gasteiger partial charge in [0.25, 0.3) is 0 Å². The van der Waals surface area contributed by atoms with Crippen molar-refractivity contribution in [2.75, 3.05) is 0 Å². The molecule has 3 aromatic rings. The minimum atomic E-state index is 0.972. The van der Waals surface area contributed by atoms with E-state index in [0.717, 1.165) is 20.4 Å². The van der Waals surface area contributed by atoms with E-state index in [1.54, 1.807) is 6.20 Å². The Balaban J connectivity index is 2.27. The molecule has 0 saturated heterocycles. The second-order valence-corrected chi connectivity index (χ2v) is 4.78. The van der Waals surface area contributed by atoms with E-state index in [4.69, 9.17) is 0 Å². The van der Waals surface area contributed by atoms with Gasteiger partial charge in [0.05, 0.1) is 16.2 Å². The van der Waals surface area contributed by atoms with Crippen molar-refractivity contribution in [1.82, 2.24) is 14.2 Å². The number of benzene rings is 1. The largest absolute Gasteiger partial charge is 0.227 e. The second kappa shape index (κ2) is 3.43. The first-order chi connectivity index (χ1) is 7.34. The fourth-order valence-electron chi connectivity index (χ4n) is 1.45. The Labute approximate surface area is 98.6 Å². The minimum absolute atomic E-state index is 0.972. The van der Waals surface area contributed by atoms with Crippen molar-refractivity contribution >= 4 is 38.4 Å². The van der Waals surface area contributed by atoms with Gasteiger partial charge < -0.3 is 0 Å². The first-order valence-corrected chi connectivity index (χ1v) is 5.96. The second-order valence-electron chi connectivity index (χ2n) is 3.11. The molecule has 0 radical (unpaired) electrons. The van der Waals surface area contributed by atoms with Crippen LogP contribution in [-0.4, -0.2) is 14.2 Å². The average molecular weight is 280 g/mol. The summed E-state index contributed by atoms with van der Waals surface area (Å²) in [5.74, 6) is 0. The highest BCUT2D eigenvalue weighted by Crippen LogP contribution is 2.26. The van der Waals surface area contributed by atoms with Crippen molar-refractivity contribution < 1.29 is 0 Å². The first kappa shape index (κ1) is 9.06. The monoisotopic (exact) mass is 279 g/mol. The summed E-state index contributed by atoms with van der Waals surface area (Å²) >= 11 is 4.84. The molecule has 3 rings (SSSR count). The lowest BCUT2D eigenvalue weighted by Crippen LogP contribution is -1.90. The molecule has 5 heteroatoms. The third-order valence-electron chi connectivity index (χ3n) is 2.12. The van der Waals surface area contributed by atoms with Crippen molar-refractivity contribution in [3.8, 4) is 5.00 Å². The van der Waals surface area contributed by atoms with Crippen LogP contribution in [0, 0.1) is 0 Å². The molecule has 74 valence electrons. The molecule has 2 aromatic heterocycles. The van der Waals surface area contributed by atoms with Gasteiger partial charge in [-0.1, -0.05) is 12.1 Å². The van der Waals surface area contributed by atoms with Crippen molar-refractivity contribution in [3.63, 3.8) is 0 Å². The smallest absolute Gasteiger partial charge is 0.145 e. The summed E-state index contributed by atoms with van der Waals surface area (Å²) < 4.78 is 7.18. The molecule has 0 aliphatic rings. The molecule has 0 amide bonds. The van der Waals surface area contributed by atoms with Crippen molar-refractivity contribution in [2.45, 2.75) is 0 Å². The Hall–Kier alpha value is -1.20. The maximum Gasteiger partial charge on any atom is 0.145 e. The molecule has 3 nitrogen and oxygen atoms in total. The molecule has 0 bridgehead atoms. The van der Waals surface area contributed by atoms with Crippen LogP contribution in [0.5, 0.6) is 0 Å². The van der Waals surface area contributed by atoms with Gasteiger partial charge in [0.1, 0.15) is 5.00 Å². The number of hydrogen-bond donors (Lipinski definition) is 0. The SMILES string of the molecule is Brc1cnn(-c2snc3ccccc23)c1. The van der Waals surface area contributed by atoms with Gasteiger partial charge in [-0.25, -0.2) is 4.68 Å². The van der Waals surface area contributed by atoms with Gasteiger partial charge in [-0.05, 0) is 39.6 Å². The van der Waals surface area contributed by atoms with Gasteiger partial charge in [-0.2, -0.15) is 9.47 Å². The minimum Gasteiger partial charge on any atom is -0.227 e. The lowest BCUT2D eigenvalue weighted by Gasteiger charge is -1.95. The molecular weight excluding hydrogens is 274 g/mol. The van der Waals surface area contributed by atoms with E-state index in [1.165, 1.54) is 11.5 Å². The van der Waals surface area contributed by atoms with Crippen LogP contribution in [0.15, 0.2) is 41.1 Å². The van der Waals surface area contributed by atoms with Gasteiger partial charge in [0, 0.05) is 11.6 Å². The third-order valence-corrected chi connectivity index (χ3v) is 3.40. The molecule has 0 aliphatic heterocycles. The van der Waals surface area contributed by atoms with E-state index in [0.29, 0.717) is 0 Å². The molecule has 1 aromatic carbocycles. The molecule has 15 heavy (non-hydrogen) atoms. The molecule has 0 N–H and O–H groups in total. The molecule has 2 heterocycles. The van der Waals surface area contributed by atoms with Crippen molar-refractivity contribution in [1.29, 1.82) is 0 Å². The summed E-state index contributed by atoms with van der Waals surface area (Å²) in [5, 5.41) is 6.44. The molecular formula is C10H6BrN3S. The number of fused-ring (bicyclic) bond motifs is 1. The summed E-state index contributed by atoms with van der Waals surface area (Å²) in [5.41, 5.74) is 1.02. The molecule has 0 aliphatic carbocycles. The topological polar surface area (TPSA) is 30.7 Å². The normalized spacial score (nSPS) is 11.0. The molecule has 0 saturated carbocycles. The molecule has 0 spiro atoms. The highest BCUT2D eigenvalue weighted by Gasteiger charge is 2.07. The van der Waals surface area contributed by atoms with E-state index >= 15 is 0 Å². The number of rotatable bonds is 1. The third kappa shape index (κ3) is 1.48. The van der Waals surface area contributed by atoms with Crippen LogP contribution in [0.3, 0.4) is 0 Å². The van der Waals surface area contributed by atoms with Crippen LogP contribution < -0.4 is 0 Å². The lowest BCUT2D eigenvalue weighted by molar-refractivity contribution is 0.903. The quantitative estimate of drug-likeness (QED) is 0.685. The Morgan fingerprint density at radius 1 is 1.27 bits per heavy atom. The van der Waals surface area contributed by atoms with Crippen LogP contribution in [0.4, 0.5) is 0 Å². The van der Waals surface area contributed by atoms with Crippen molar-refractivity contribution in [2.24, 2.45) is 0 Å². The maximum absolute atomic E-state index is 4.37. The number of aromatic nitrogens is 3. The van der Waals surface area contributed by atoms with Crippen LogP contribution in [0.2, 0.25) is 0 Å². The number of nitrogens with zero attached hydrogens (tertiary/aromatic N) is 3. The average Bonchev–Trinajstić information content (AvgIpc) is 2.83. The van der Waals surface area contributed by atoms with E-state index < -0.39 is 0 Å². The first-order valence-electron chi connectivity index (χ1n) is 4.39. The van der Waals surface area contributed by atoms with E-state index in [2.05, 4.69) is 31.5 Å². The Kier molecular flexibility index (Phi) is 2.07. The van der Waals surface area contributed by atoms with Crippen LogP contribution in [-0.2, 0) is 0 Å². The lowest BCUT2D eigenvalue weighted by atomic mass is 10.2. The molecule has 0 atom stereocenters. The summed E-state index contributed by atoms with van der Waals surface area (Å²) in [4.78, 5) is 0. The number of hydrogen-bond acceptors (Lipinski definition) is 3. The van der Waals surface area contributed by atoms with Gasteiger partial charge in [-0.3, -0.25) is 0 Å². The maximum atomic E-state index is 4.37. The zero-order valence-corrected chi connectivity index (χ0v) is 9.99. The van der Waals surface area contributed by atoms with Gasteiger partial charge in [0.15, 0.2) is 0 Å². The van der Waals surface area contributed by atoms with Crippen LogP contribution in [0.1, 0.15) is 0 Å². The fourth-order valence-corrected chi connectivity index (χ4v) is 2.54. The predicted molar refractivity (Wildman–Crippen MR) is 64.4 cm³/mol. The van der Waals surface area contributed by atoms with E-state index in [1.807, 2.05) is 29.1 Å². The summed E-state index contributed by atoms with van der Waals surface area (Å²) in [6, 6.07) is 8.07. The summed E-state index contributed by atoms with van der Waals surface area (Å²) in [7, 11) is 0. The Morgan fingerprint density at radius 3 is 2.93 bits per heavy atom. The molecule has 0 unspecified atom stereocenters. The standard InChI is InChI=1S/C10H6BrN3S/c11-7-5-12-14(6-7)10-8-3-1-2-4-9(8)13-15-10/h1-6H. The summed E-state index contributed by atoms with van der Waals surface area (Å²) in [6.07, 6.45) is 3.70. The van der Waals surface area contributed by atoms with Gasteiger partial charge in [0.2, 0.25) is 0 Å².